The molecular formula is C25H23N3O4. The number of aliphatic hydroxyl groups is 1. The van der Waals surface area contributed by atoms with E-state index in [9.17, 15) is 9.90 Å². The summed E-state index contributed by atoms with van der Waals surface area (Å²) in [5.74, 6) is 0.856. The molecular weight excluding hydrogens is 406 g/mol. The number of carbonyl (C=O) groups excluding carboxylic acids is 1. The van der Waals surface area contributed by atoms with Crippen LogP contribution in [0, 0.1) is 0 Å². The number of rotatable bonds is 7. The molecule has 162 valence electrons. The summed E-state index contributed by atoms with van der Waals surface area (Å²) in [7, 11) is 3.14. The summed E-state index contributed by atoms with van der Waals surface area (Å²) in [5, 5.41) is 17.0. The predicted octanol–water partition coefficient (Wildman–Crippen LogP) is 4.30. The first-order chi connectivity index (χ1) is 15.6. The normalized spacial score (nSPS) is 10.6. The topological polar surface area (TPSA) is 85.6 Å². The van der Waals surface area contributed by atoms with Crippen LogP contribution in [0.5, 0.6) is 11.5 Å². The summed E-state index contributed by atoms with van der Waals surface area (Å²) in [6, 6.07) is 22.0. The highest BCUT2D eigenvalue weighted by Gasteiger charge is 2.22. The van der Waals surface area contributed by atoms with Crippen LogP contribution < -0.4 is 14.8 Å². The zero-order chi connectivity index (χ0) is 22.5. The second-order valence-electron chi connectivity index (χ2n) is 7.05. The number of hydrogen-bond acceptors (Lipinski definition) is 5. The van der Waals surface area contributed by atoms with E-state index >= 15 is 0 Å². The lowest BCUT2D eigenvalue weighted by molar-refractivity contribution is 0.102. The molecule has 0 radical (unpaired) electrons. The van der Waals surface area contributed by atoms with Crippen LogP contribution in [0.4, 0.5) is 5.69 Å². The second kappa shape index (κ2) is 9.36. The van der Waals surface area contributed by atoms with Gasteiger partial charge >= 0.3 is 0 Å². The van der Waals surface area contributed by atoms with E-state index in [1.807, 2.05) is 36.4 Å². The second-order valence-corrected chi connectivity index (χ2v) is 7.05. The Balaban J connectivity index is 1.80. The van der Waals surface area contributed by atoms with Crippen molar-refractivity contribution < 1.29 is 19.4 Å². The van der Waals surface area contributed by atoms with Crippen LogP contribution in [0.15, 0.2) is 79.0 Å². The molecule has 0 bridgehead atoms. The van der Waals surface area contributed by atoms with Crippen molar-refractivity contribution in [3.63, 3.8) is 0 Å². The van der Waals surface area contributed by atoms with E-state index in [1.165, 1.54) is 0 Å². The molecule has 0 fully saturated rings. The monoisotopic (exact) mass is 429 g/mol. The Bertz CT molecular complexity index is 1240. The minimum atomic E-state index is -0.324. The van der Waals surface area contributed by atoms with Crippen molar-refractivity contribution >= 4 is 11.6 Å². The average Bonchev–Trinajstić information content (AvgIpc) is 3.29. The minimum Gasteiger partial charge on any atom is -0.497 e. The Kier molecular flexibility index (Phi) is 6.19. The van der Waals surface area contributed by atoms with Gasteiger partial charge in [-0.3, -0.25) is 4.79 Å². The van der Waals surface area contributed by atoms with Crippen molar-refractivity contribution in [2.75, 3.05) is 19.5 Å². The summed E-state index contributed by atoms with van der Waals surface area (Å²) < 4.78 is 12.5. The van der Waals surface area contributed by atoms with Gasteiger partial charge in [-0.15, -0.1) is 0 Å². The highest BCUT2D eigenvalue weighted by Crippen LogP contribution is 2.35. The van der Waals surface area contributed by atoms with Gasteiger partial charge < -0.3 is 19.9 Å². The molecule has 1 amide bonds. The number of methoxy groups -OCH3 is 2. The summed E-state index contributed by atoms with van der Waals surface area (Å²) in [6.45, 7) is -0.107. The number of aromatic nitrogens is 2. The molecule has 4 aromatic rings. The minimum absolute atomic E-state index is 0.107. The zero-order valence-corrected chi connectivity index (χ0v) is 17.8. The number of benzene rings is 3. The van der Waals surface area contributed by atoms with Gasteiger partial charge in [0.25, 0.3) is 5.91 Å². The highest BCUT2D eigenvalue weighted by molar-refractivity contribution is 6.08. The van der Waals surface area contributed by atoms with Crippen molar-refractivity contribution in [2.24, 2.45) is 0 Å². The lowest BCUT2D eigenvalue weighted by Crippen LogP contribution is -2.12. The maximum atomic E-state index is 13.3. The van der Waals surface area contributed by atoms with E-state index < -0.39 is 0 Å². The number of ether oxygens (including phenoxy) is 2. The molecule has 3 aromatic carbocycles. The molecule has 7 nitrogen and oxygen atoms in total. The first-order valence-electron chi connectivity index (χ1n) is 10.0. The van der Waals surface area contributed by atoms with E-state index in [2.05, 4.69) is 5.32 Å². The molecule has 0 aliphatic rings. The molecule has 0 aliphatic heterocycles. The van der Waals surface area contributed by atoms with Crippen LogP contribution in [-0.4, -0.2) is 35.0 Å². The SMILES string of the molecule is COc1ccc(-c2nn(-c3ccccc3)cc2C(=O)Nc2cccc(CO)c2)c(OC)c1. The van der Waals surface area contributed by atoms with Gasteiger partial charge in [0.1, 0.15) is 17.2 Å². The standard InChI is InChI=1S/C25H23N3O4/c1-31-20-11-12-21(23(14-20)32-2)24-22(15-28(27-24)19-9-4-3-5-10-19)25(30)26-18-8-6-7-17(13-18)16-29/h3-15,29H,16H2,1-2H3,(H,26,30). The van der Waals surface area contributed by atoms with E-state index in [-0.39, 0.29) is 12.5 Å². The molecule has 0 saturated carbocycles. The van der Waals surface area contributed by atoms with Crippen molar-refractivity contribution in [2.45, 2.75) is 6.61 Å². The van der Waals surface area contributed by atoms with Crippen LogP contribution in [0.1, 0.15) is 15.9 Å². The van der Waals surface area contributed by atoms with E-state index in [0.29, 0.717) is 39.6 Å². The van der Waals surface area contributed by atoms with Crippen molar-refractivity contribution in [1.82, 2.24) is 9.78 Å². The molecule has 0 aliphatic carbocycles. The van der Waals surface area contributed by atoms with E-state index in [0.717, 1.165) is 5.69 Å². The van der Waals surface area contributed by atoms with Crippen molar-refractivity contribution in [1.29, 1.82) is 0 Å². The molecule has 0 spiro atoms. The van der Waals surface area contributed by atoms with Crippen molar-refractivity contribution in [3.8, 4) is 28.4 Å². The zero-order valence-electron chi connectivity index (χ0n) is 17.8. The lowest BCUT2D eigenvalue weighted by Gasteiger charge is -2.11. The van der Waals surface area contributed by atoms with Gasteiger partial charge in [0.05, 0.1) is 32.1 Å². The maximum absolute atomic E-state index is 13.3. The number of hydrogen-bond donors (Lipinski definition) is 2. The van der Waals surface area contributed by atoms with Gasteiger partial charge in [0, 0.05) is 23.5 Å². The first-order valence-corrected chi connectivity index (χ1v) is 10.0. The number of aliphatic hydroxyl groups excluding tert-OH is 1. The molecule has 0 unspecified atom stereocenters. The molecule has 2 N–H and O–H groups in total. The molecule has 1 aromatic heterocycles. The summed E-state index contributed by atoms with van der Waals surface area (Å²) in [6.07, 6.45) is 1.69. The largest absolute Gasteiger partial charge is 0.497 e. The van der Waals surface area contributed by atoms with Crippen LogP contribution in [0.2, 0.25) is 0 Å². The van der Waals surface area contributed by atoms with Crippen LogP contribution in [0.25, 0.3) is 16.9 Å². The fourth-order valence-electron chi connectivity index (χ4n) is 3.39. The number of nitrogens with zero attached hydrogens (tertiary/aromatic N) is 2. The van der Waals surface area contributed by atoms with Gasteiger partial charge in [-0.2, -0.15) is 5.10 Å². The molecule has 7 heteroatoms. The Labute approximate surface area is 185 Å². The van der Waals surface area contributed by atoms with E-state index in [4.69, 9.17) is 14.6 Å². The Morgan fingerprint density at radius 2 is 1.81 bits per heavy atom. The van der Waals surface area contributed by atoms with Crippen LogP contribution in [-0.2, 0) is 6.61 Å². The molecule has 4 rings (SSSR count). The lowest BCUT2D eigenvalue weighted by atomic mass is 10.1. The number of amides is 1. The number of carbonyl (C=O) groups is 1. The van der Waals surface area contributed by atoms with Crippen molar-refractivity contribution in [3.05, 3.63) is 90.1 Å². The smallest absolute Gasteiger partial charge is 0.259 e. The van der Waals surface area contributed by atoms with Crippen LogP contribution >= 0.6 is 0 Å². The highest BCUT2D eigenvalue weighted by atomic mass is 16.5. The van der Waals surface area contributed by atoms with Gasteiger partial charge in [0.15, 0.2) is 0 Å². The maximum Gasteiger partial charge on any atom is 0.259 e. The third-order valence-corrected chi connectivity index (χ3v) is 5.01. The van der Waals surface area contributed by atoms with Gasteiger partial charge in [-0.1, -0.05) is 30.3 Å². The first kappa shape index (κ1) is 21.1. The summed E-state index contributed by atoms with van der Waals surface area (Å²) in [5.41, 5.74) is 3.64. The fraction of sp³-hybridized carbons (Fsp3) is 0.120. The molecule has 1 heterocycles. The van der Waals surface area contributed by atoms with Crippen LogP contribution in [0.3, 0.4) is 0 Å². The third kappa shape index (κ3) is 4.33. The average molecular weight is 429 g/mol. The fourth-order valence-corrected chi connectivity index (χ4v) is 3.39. The van der Waals surface area contributed by atoms with Gasteiger partial charge in [-0.25, -0.2) is 4.68 Å². The third-order valence-electron chi connectivity index (χ3n) is 5.01. The van der Waals surface area contributed by atoms with Gasteiger partial charge in [0.2, 0.25) is 0 Å². The quantitative estimate of drug-likeness (QED) is 0.458. The molecule has 32 heavy (non-hydrogen) atoms. The number of nitrogens with one attached hydrogen (secondary N) is 1. The Morgan fingerprint density at radius 1 is 1.00 bits per heavy atom. The number of para-hydroxylation sites is 1. The predicted molar refractivity (Wildman–Crippen MR) is 122 cm³/mol. The summed E-state index contributed by atoms with van der Waals surface area (Å²) >= 11 is 0. The Hall–Kier alpha value is -4.10. The number of anilines is 1. The summed E-state index contributed by atoms with van der Waals surface area (Å²) in [4.78, 5) is 13.3. The Morgan fingerprint density at radius 3 is 2.53 bits per heavy atom. The molecule has 0 atom stereocenters. The van der Waals surface area contributed by atoms with E-state index in [1.54, 1.807) is 61.5 Å². The van der Waals surface area contributed by atoms with Gasteiger partial charge in [-0.05, 0) is 42.0 Å². The molecule has 0 saturated heterocycles.